The maximum atomic E-state index is 13.7. The molecule has 1 saturated heterocycles. The zero-order chi connectivity index (χ0) is 25.0. The summed E-state index contributed by atoms with van der Waals surface area (Å²) in [5.74, 6) is -0.851. The molecule has 8 nitrogen and oxygen atoms in total. The lowest BCUT2D eigenvalue weighted by Crippen LogP contribution is -2.48. The Balaban J connectivity index is 1.77. The number of fused-ring (bicyclic) bond motifs is 1. The number of allylic oxidation sites excluding steroid dienone is 3. The molecule has 2 aliphatic heterocycles. The van der Waals surface area contributed by atoms with Crippen molar-refractivity contribution in [2.24, 2.45) is 5.73 Å². The molecule has 1 aromatic rings. The molecule has 0 aromatic carbocycles. The fourth-order valence-corrected chi connectivity index (χ4v) is 4.08. The van der Waals surface area contributed by atoms with E-state index in [2.05, 4.69) is 16.5 Å². The van der Waals surface area contributed by atoms with Crippen LogP contribution in [-0.4, -0.2) is 69.6 Å². The van der Waals surface area contributed by atoms with Crippen molar-refractivity contribution in [3.05, 3.63) is 41.5 Å². The molecule has 0 radical (unpaired) electrons. The van der Waals surface area contributed by atoms with Crippen LogP contribution in [0.3, 0.4) is 0 Å². The summed E-state index contributed by atoms with van der Waals surface area (Å²) in [6.07, 6.45) is -2.45. The lowest BCUT2D eigenvalue weighted by molar-refractivity contribution is -0.142. The van der Waals surface area contributed by atoms with E-state index in [1.807, 2.05) is 0 Å². The summed E-state index contributed by atoms with van der Waals surface area (Å²) in [4.78, 5) is 35.3. The molecule has 0 bridgehead atoms. The predicted molar refractivity (Wildman–Crippen MR) is 116 cm³/mol. The molecule has 2 amide bonds. The van der Waals surface area contributed by atoms with E-state index in [-0.39, 0.29) is 80.4 Å². The monoisotopic (exact) mass is 482 g/mol. The first-order chi connectivity index (χ1) is 16.0. The molecule has 34 heavy (non-hydrogen) atoms. The fraction of sp³-hybridized carbons (Fsp3) is 0.500. The Labute approximate surface area is 194 Å². The summed E-state index contributed by atoms with van der Waals surface area (Å²) in [7, 11) is 0. The Bertz CT molecular complexity index is 1010. The number of alkyl halides is 4. The molecule has 1 aromatic heterocycles. The highest BCUT2D eigenvalue weighted by molar-refractivity contribution is 5.85. The first kappa shape index (κ1) is 25.5. The minimum Gasteiger partial charge on any atom is -0.338 e. The highest BCUT2D eigenvalue weighted by Gasteiger charge is 2.39. The molecule has 1 fully saturated rings. The zero-order valence-electron chi connectivity index (χ0n) is 18.4. The molecule has 2 aliphatic rings. The highest BCUT2D eigenvalue weighted by Crippen LogP contribution is 2.34. The second-order valence-electron chi connectivity index (χ2n) is 8.28. The van der Waals surface area contributed by atoms with Gasteiger partial charge in [0.15, 0.2) is 11.5 Å². The van der Waals surface area contributed by atoms with Gasteiger partial charge in [-0.1, -0.05) is 12.7 Å². The van der Waals surface area contributed by atoms with Gasteiger partial charge in [-0.25, -0.2) is 14.4 Å². The van der Waals surface area contributed by atoms with Gasteiger partial charge < -0.3 is 20.9 Å². The van der Waals surface area contributed by atoms with Crippen LogP contribution in [0.5, 0.6) is 0 Å². The van der Waals surface area contributed by atoms with E-state index in [0.717, 1.165) is 6.21 Å². The van der Waals surface area contributed by atoms with Crippen molar-refractivity contribution in [3.8, 4) is 0 Å². The molecule has 3 rings (SSSR count). The van der Waals surface area contributed by atoms with E-state index in [0.29, 0.717) is 0 Å². The summed E-state index contributed by atoms with van der Waals surface area (Å²) in [5.41, 5.74) is 5.10. The number of nitrogens with one attached hydrogen (secondary N) is 1. The van der Waals surface area contributed by atoms with E-state index in [1.54, 1.807) is 0 Å². The van der Waals surface area contributed by atoms with Crippen LogP contribution in [0, 0.1) is 5.41 Å². The largest absolute Gasteiger partial charge is 0.433 e. The van der Waals surface area contributed by atoms with Crippen molar-refractivity contribution in [3.63, 3.8) is 0 Å². The van der Waals surface area contributed by atoms with Crippen LogP contribution in [0.2, 0.25) is 0 Å². The molecule has 3 heterocycles. The SMILES string of the molecule is C=C/C(=C\C=N)c1nc2c(c(C(F)(F)F)n1)CCN(C(=O)C[C@H](N)CN1CC(F)CCC1=O)C2. The third-order valence-electron chi connectivity index (χ3n) is 5.76. The summed E-state index contributed by atoms with van der Waals surface area (Å²) < 4.78 is 54.7. The number of likely N-dealkylation sites (tertiary alicyclic amines) is 1. The normalized spacial score (nSPS) is 20.1. The summed E-state index contributed by atoms with van der Waals surface area (Å²) in [6.45, 7) is 3.36. The van der Waals surface area contributed by atoms with Gasteiger partial charge in [0.2, 0.25) is 11.8 Å². The molecule has 3 N–H and O–H groups in total. The first-order valence-electron chi connectivity index (χ1n) is 10.8. The van der Waals surface area contributed by atoms with Gasteiger partial charge in [-0.2, -0.15) is 13.2 Å². The van der Waals surface area contributed by atoms with Crippen molar-refractivity contribution in [2.75, 3.05) is 19.6 Å². The number of hydrogen-bond donors (Lipinski definition) is 2. The number of nitrogens with two attached hydrogens (primary N) is 1. The maximum absolute atomic E-state index is 13.7. The number of halogens is 4. The van der Waals surface area contributed by atoms with Gasteiger partial charge >= 0.3 is 6.18 Å². The Morgan fingerprint density at radius 2 is 2.06 bits per heavy atom. The number of nitrogens with zero attached hydrogens (tertiary/aromatic N) is 4. The van der Waals surface area contributed by atoms with E-state index in [1.165, 1.54) is 22.0 Å². The Hall–Kier alpha value is -3.15. The molecule has 1 unspecified atom stereocenters. The lowest BCUT2D eigenvalue weighted by Gasteiger charge is -2.33. The standard InChI is InChI=1S/C22H26F4N6O2/c1-2-13(5-7-27)21-29-17-12-31(8-6-16(17)20(30-21)22(24,25)26)19(34)9-15(28)11-32-10-14(23)3-4-18(32)33/h2,5,7,14-15,27H,1,3-4,6,8-12,28H2/b13-5+,27-7?/t14?,15-/m0/s1. The summed E-state index contributed by atoms with van der Waals surface area (Å²) in [5, 5.41) is 7.18. The smallest absolute Gasteiger partial charge is 0.338 e. The van der Waals surface area contributed by atoms with Crippen LogP contribution >= 0.6 is 0 Å². The number of aromatic nitrogens is 2. The zero-order valence-corrected chi connectivity index (χ0v) is 18.4. The van der Waals surface area contributed by atoms with Gasteiger partial charge in [-0.3, -0.25) is 9.59 Å². The number of piperidine rings is 1. The number of carbonyl (C=O) groups is 2. The number of rotatable bonds is 7. The third-order valence-corrected chi connectivity index (χ3v) is 5.76. The van der Waals surface area contributed by atoms with Crippen LogP contribution in [0.1, 0.15) is 42.0 Å². The van der Waals surface area contributed by atoms with E-state index >= 15 is 0 Å². The van der Waals surface area contributed by atoms with E-state index in [9.17, 15) is 27.2 Å². The van der Waals surface area contributed by atoms with Crippen molar-refractivity contribution < 1.29 is 27.2 Å². The molecule has 2 atom stereocenters. The van der Waals surface area contributed by atoms with E-state index in [4.69, 9.17) is 11.1 Å². The first-order valence-corrected chi connectivity index (χ1v) is 10.8. The Morgan fingerprint density at radius 3 is 2.71 bits per heavy atom. The van der Waals surface area contributed by atoms with Crippen LogP contribution in [-0.2, 0) is 28.7 Å². The molecule has 12 heteroatoms. The van der Waals surface area contributed by atoms with Gasteiger partial charge in [-0.15, -0.1) is 0 Å². The molecule has 0 aliphatic carbocycles. The van der Waals surface area contributed by atoms with Gasteiger partial charge in [0.1, 0.15) is 6.17 Å². The van der Waals surface area contributed by atoms with Crippen molar-refractivity contribution in [2.45, 2.75) is 50.6 Å². The maximum Gasteiger partial charge on any atom is 0.433 e. The number of carbonyl (C=O) groups excluding carboxylic acids is 2. The quantitative estimate of drug-likeness (QED) is 0.351. The minimum atomic E-state index is -4.72. The van der Waals surface area contributed by atoms with Crippen molar-refractivity contribution in [1.82, 2.24) is 19.8 Å². The highest BCUT2D eigenvalue weighted by atomic mass is 19.4. The topological polar surface area (TPSA) is 116 Å². The molecular formula is C22H26F4N6O2. The summed E-state index contributed by atoms with van der Waals surface area (Å²) in [6, 6.07) is -0.738. The van der Waals surface area contributed by atoms with E-state index < -0.39 is 30.0 Å². The number of amides is 2. The minimum absolute atomic E-state index is 0.0249. The average molecular weight is 482 g/mol. The van der Waals surface area contributed by atoms with Gasteiger partial charge in [0.25, 0.3) is 0 Å². The number of hydrogen-bond acceptors (Lipinski definition) is 6. The average Bonchev–Trinajstić information content (AvgIpc) is 2.78. The summed E-state index contributed by atoms with van der Waals surface area (Å²) >= 11 is 0. The van der Waals surface area contributed by atoms with Crippen LogP contribution in [0.15, 0.2) is 18.7 Å². The van der Waals surface area contributed by atoms with Gasteiger partial charge in [-0.05, 0) is 18.9 Å². The second kappa shape index (κ2) is 10.4. The van der Waals surface area contributed by atoms with Crippen molar-refractivity contribution in [1.29, 1.82) is 5.41 Å². The van der Waals surface area contributed by atoms with Crippen LogP contribution in [0.25, 0.3) is 5.57 Å². The Morgan fingerprint density at radius 1 is 1.32 bits per heavy atom. The van der Waals surface area contributed by atoms with Gasteiger partial charge in [0.05, 0.1) is 18.8 Å². The van der Waals surface area contributed by atoms with Crippen molar-refractivity contribution >= 4 is 23.6 Å². The molecular weight excluding hydrogens is 456 g/mol. The van der Waals surface area contributed by atoms with Gasteiger partial charge in [0, 0.05) is 49.3 Å². The Kier molecular flexibility index (Phi) is 7.80. The molecule has 0 spiro atoms. The lowest BCUT2D eigenvalue weighted by atomic mass is 10.0. The molecule has 184 valence electrons. The second-order valence-corrected chi connectivity index (χ2v) is 8.28. The van der Waals surface area contributed by atoms with Crippen LogP contribution < -0.4 is 5.73 Å². The predicted octanol–water partition coefficient (Wildman–Crippen LogP) is 2.28. The fourth-order valence-electron chi connectivity index (χ4n) is 4.08. The third kappa shape index (κ3) is 5.85. The molecule has 0 saturated carbocycles. The van der Waals surface area contributed by atoms with Crippen LogP contribution in [0.4, 0.5) is 17.6 Å².